The van der Waals surface area contributed by atoms with E-state index in [4.69, 9.17) is 11.6 Å². The molecule has 3 heterocycles. The van der Waals surface area contributed by atoms with E-state index in [1.807, 2.05) is 41.1 Å². The minimum Gasteiger partial charge on any atom is -0.306 e. The van der Waals surface area contributed by atoms with Crippen LogP contribution in [0, 0.1) is 0 Å². The van der Waals surface area contributed by atoms with Gasteiger partial charge in [-0.05, 0) is 36.4 Å². The number of aryl methyl sites for hydroxylation is 1. The maximum Gasteiger partial charge on any atom is 0.220 e. The van der Waals surface area contributed by atoms with Gasteiger partial charge < -0.3 is 4.40 Å². The van der Waals surface area contributed by atoms with E-state index in [9.17, 15) is 0 Å². The van der Waals surface area contributed by atoms with Crippen LogP contribution in [-0.4, -0.2) is 9.38 Å². The fourth-order valence-electron chi connectivity index (χ4n) is 2.92. The summed E-state index contributed by atoms with van der Waals surface area (Å²) in [6, 6.07) is 16.3. The predicted molar refractivity (Wildman–Crippen MR) is 92.3 cm³/mol. The SMILES string of the molecule is C[n+]1cccc(-c2ccc3nccn3c2)c1-c1cccc(Cl)c1. The van der Waals surface area contributed by atoms with Gasteiger partial charge in [-0.15, -0.1) is 0 Å². The fraction of sp³-hybridized carbons (Fsp3) is 0.0526. The number of aromatic nitrogens is 3. The standard InChI is InChI=1S/C19H15ClN3/c1-22-10-3-6-17(19(22)14-4-2-5-16(20)12-14)15-7-8-18-21-9-11-23(18)13-15/h2-13H,1H3/q+1. The van der Waals surface area contributed by atoms with E-state index in [2.05, 4.69) is 53.3 Å². The van der Waals surface area contributed by atoms with Gasteiger partial charge in [-0.1, -0.05) is 17.7 Å². The number of imidazole rings is 1. The van der Waals surface area contributed by atoms with Crippen molar-refractivity contribution < 1.29 is 4.57 Å². The van der Waals surface area contributed by atoms with Crippen molar-refractivity contribution in [2.24, 2.45) is 7.05 Å². The summed E-state index contributed by atoms with van der Waals surface area (Å²) in [6.07, 6.45) is 7.92. The van der Waals surface area contributed by atoms with Gasteiger partial charge in [-0.2, -0.15) is 0 Å². The molecule has 0 atom stereocenters. The van der Waals surface area contributed by atoms with Gasteiger partial charge >= 0.3 is 0 Å². The highest BCUT2D eigenvalue weighted by Crippen LogP contribution is 2.30. The second-order valence-corrected chi connectivity index (χ2v) is 5.94. The van der Waals surface area contributed by atoms with Crippen LogP contribution in [0.2, 0.25) is 5.02 Å². The molecule has 0 aliphatic carbocycles. The van der Waals surface area contributed by atoms with Gasteiger partial charge in [0.25, 0.3) is 0 Å². The highest BCUT2D eigenvalue weighted by Gasteiger charge is 2.17. The quantitative estimate of drug-likeness (QED) is 0.508. The molecule has 0 bridgehead atoms. The molecule has 0 fully saturated rings. The number of rotatable bonds is 2. The van der Waals surface area contributed by atoms with E-state index in [1.54, 1.807) is 0 Å². The molecule has 0 radical (unpaired) electrons. The number of halogens is 1. The molecule has 0 aliphatic rings. The molecule has 4 rings (SSSR count). The summed E-state index contributed by atoms with van der Waals surface area (Å²) in [5.41, 5.74) is 5.48. The molecule has 1 aromatic carbocycles. The fourth-order valence-corrected chi connectivity index (χ4v) is 3.11. The summed E-state index contributed by atoms with van der Waals surface area (Å²) >= 11 is 6.19. The zero-order valence-electron chi connectivity index (χ0n) is 12.6. The Morgan fingerprint density at radius 1 is 1.04 bits per heavy atom. The van der Waals surface area contributed by atoms with E-state index >= 15 is 0 Å². The first kappa shape index (κ1) is 14.0. The smallest absolute Gasteiger partial charge is 0.220 e. The zero-order chi connectivity index (χ0) is 15.8. The summed E-state index contributed by atoms with van der Waals surface area (Å²) in [7, 11) is 2.05. The number of nitrogens with zero attached hydrogens (tertiary/aromatic N) is 3. The van der Waals surface area contributed by atoms with Gasteiger partial charge in [0.15, 0.2) is 6.20 Å². The Morgan fingerprint density at radius 2 is 1.96 bits per heavy atom. The molecule has 3 aromatic heterocycles. The number of fused-ring (bicyclic) bond motifs is 1. The van der Waals surface area contributed by atoms with Gasteiger partial charge in [-0.25, -0.2) is 9.55 Å². The summed E-state index contributed by atoms with van der Waals surface area (Å²) < 4.78 is 4.16. The highest BCUT2D eigenvalue weighted by atomic mass is 35.5. The van der Waals surface area contributed by atoms with E-state index in [0.29, 0.717) is 0 Å². The third-order valence-electron chi connectivity index (χ3n) is 3.98. The largest absolute Gasteiger partial charge is 0.306 e. The molecule has 23 heavy (non-hydrogen) atoms. The number of benzene rings is 1. The molecular weight excluding hydrogens is 306 g/mol. The Hall–Kier alpha value is -2.65. The van der Waals surface area contributed by atoms with Crippen LogP contribution in [0.3, 0.4) is 0 Å². The van der Waals surface area contributed by atoms with Gasteiger partial charge in [0.2, 0.25) is 5.69 Å². The van der Waals surface area contributed by atoms with Crippen molar-refractivity contribution in [3.05, 3.63) is 78.3 Å². The van der Waals surface area contributed by atoms with Gasteiger partial charge in [0.05, 0.1) is 5.56 Å². The highest BCUT2D eigenvalue weighted by molar-refractivity contribution is 6.30. The Kier molecular flexibility index (Phi) is 3.36. The third-order valence-corrected chi connectivity index (χ3v) is 4.21. The van der Waals surface area contributed by atoms with Crippen molar-refractivity contribution in [2.45, 2.75) is 0 Å². The lowest BCUT2D eigenvalue weighted by molar-refractivity contribution is -0.660. The summed E-state index contributed by atoms with van der Waals surface area (Å²) in [5.74, 6) is 0. The van der Waals surface area contributed by atoms with E-state index in [-0.39, 0.29) is 0 Å². The number of pyridine rings is 2. The first-order chi connectivity index (χ1) is 11.2. The first-order valence-corrected chi connectivity index (χ1v) is 7.78. The van der Waals surface area contributed by atoms with Crippen LogP contribution >= 0.6 is 11.6 Å². The van der Waals surface area contributed by atoms with Gasteiger partial charge in [0.1, 0.15) is 12.7 Å². The minimum absolute atomic E-state index is 0.738. The van der Waals surface area contributed by atoms with Crippen LogP contribution in [0.15, 0.2) is 73.3 Å². The average molecular weight is 321 g/mol. The minimum atomic E-state index is 0.738. The van der Waals surface area contributed by atoms with E-state index < -0.39 is 0 Å². The van der Waals surface area contributed by atoms with E-state index in [1.165, 1.54) is 0 Å². The Bertz CT molecular complexity index is 1000. The molecule has 0 saturated heterocycles. The third kappa shape index (κ3) is 2.49. The van der Waals surface area contributed by atoms with Crippen molar-refractivity contribution in [3.63, 3.8) is 0 Å². The predicted octanol–water partition coefficient (Wildman–Crippen LogP) is 4.15. The van der Waals surface area contributed by atoms with Crippen molar-refractivity contribution >= 4 is 17.2 Å². The first-order valence-electron chi connectivity index (χ1n) is 7.40. The number of hydrogen-bond donors (Lipinski definition) is 0. The van der Waals surface area contributed by atoms with Crippen LogP contribution < -0.4 is 4.57 Å². The molecule has 0 N–H and O–H groups in total. The Labute approximate surface area is 139 Å². The molecular formula is C19H15ClN3+. The van der Waals surface area contributed by atoms with Crippen molar-refractivity contribution in [3.8, 4) is 22.4 Å². The maximum atomic E-state index is 6.19. The Morgan fingerprint density at radius 3 is 2.83 bits per heavy atom. The lowest BCUT2D eigenvalue weighted by Gasteiger charge is -2.08. The second-order valence-electron chi connectivity index (χ2n) is 5.50. The second kappa shape index (κ2) is 5.52. The summed E-state index contributed by atoms with van der Waals surface area (Å²) in [6.45, 7) is 0. The lowest BCUT2D eigenvalue weighted by Crippen LogP contribution is -2.30. The Balaban J connectivity index is 1.97. The maximum absolute atomic E-state index is 6.19. The van der Waals surface area contributed by atoms with Crippen LogP contribution in [0.5, 0.6) is 0 Å². The normalized spacial score (nSPS) is 11.0. The molecule has 0 unspecified atom stereocenters. The average Bonchev–Trinajstić information content (AvgIpc) is 3.02. The van der Waals surface area contributed by atoms with Crippen molar-refractivity contribution in [1.29, 1.82) is 0 Å². The van der Waals surface area contributed by atoms with Crippen LogP contribution in [0.4, 0.5) is 0 Å². The molecule has 112 valence electrons. The molecule has 0 saturated carbocycles. The topological polar surface area (TPSA) is 21.2 Å². The van der Waals surface area contributed by atoms with Crippen LogP contribution in [0.1, 0.15) is 0 Å². The van der Waals surface area contributed by atoms with Crippen molar-refractivity contribution in [1.82, 2.24) is 9.38 Å². The zero-order valence-corrected chi connectivity index (χ0v) is 13.4. The lowest BCUT2D eigenvalue weighted by atomic mass is 10.00. The molecule has 0 aliphatic heterocycles. The van der Waals surface area contributed by atoms with Crippen molar-refractivity contribution in [2.75, 3.05) is 0 Å². The molecule has 0 amide bonds. The molecule has 0 spiro atoms. The van der Waals surface area contributed by atoms with E-state index in [0.717, 1.165) is 33.1 Å². The van der Waals surface area contributed by atoms with Crippen LogP contribution in [0.25, 0.3) is 28.0 Å². The van der Waals surface area contributed by atoms with Crippen LogP contribution in [-0.2, 0) is 7.05 Å². The molecule has 4 heteroatoms. The van der Waals surface area contributed by atoms with Gasteiger partial charge in [-0.3, -0.25) is 0 Å². The van der Waals surface area contributed by atoms with Gasteiger partial charge in [0, 0.05) is 40.8 Å². The molecule has 3 nitrogen and oxygen atoms in total. The summed E-state index contributed by atoms with van der Waals surface area (Å²) in [4.78, 5) is 4.30. The summed E-state index contributed by atoms with van der Waals surface area (Å²) in [5, 5.41) is 0.738. The number of hydrogen-bond acceptors (Lipinski definition) is 1. The molecule has 4 aromatic rings. The monoisotopic (exact) mass is 320 g/mol.